The van der Waals surface area contributed by atoms with Gasteiger partial charge in [0.1, 0.15) is 18.1 Å². The number of benzene rings is 3. The molecule has 0 saturated heterocycles. The van der Waals surface area contributed by atoms with Crippen LogP contribution in [0.3, 0.4) is 0 Å². The molecule has 162 valence electrons. The molecule has 0 aliphatic rings. The van der Waals surface area contributed by atoms with Gasteiger partial charge < -0.3 is 18.9 Å². The van der Waals surface area contributed by atoms with E-state index in [0.717, 1.165) is 11.1 Å². The van der Waals surface area contributed by atoms with Crippen molar-refractivity contribution in [2.24, 2.45) is 0 Å². The van der Waals surface area contributed by atoms with E-state index in [-0.39, 0.29) is 12.4 Å². The SMILES string of the molecule is COc1ccc(/C=C/C(=O)c2ccc(OC)c(OC)c2)cc1COc1ccc(C#N)cc1. The van der Waals surface area contributed by atoms with Crippen LogP contribution in [0.4, 0.5) is 0 Å². The van der Waals surface area contributed by atoms with Gasteiger partial charge in [0.2, 0.25) is 0 Å². The van der Waals surface area contributed by atoms with Gasteiger partial charge in [0.05, 0.1) is 33.0 Å². The van der Waals surface area contributed by atoms with Crippen molar-refractivity contribution in [1.29, 1.82) is 5.26 Å². The van der Waals surface area contributed by atoms with Gasteiger partial charge in [-0.15, -0.1) is 0 Å². The molecule has 0 spiro atoms. The minimum atomic E-state index is -0.155. The first-order valence-electron chi connectivity index (χ1n) is 9.82. The number of hydrogen-bond donors (Lipinski definition) is 0. The first-order valence-corrected chi connectivity index (χ1v) is 9.82. The summed E-state index contributed by atoms with van der Waals surface area (Å²) < 4.78 is 21.7. The summed E-state index contributed by atoms with van der Waals surface area (Å²) in [5.41, 5.74) is 2.73. The van der Waals surface area contributed by atoms with Crippen LogP contribution in [0.15, 0.2) is 66.7 Å². The van der Waals surface area contributed by atoms with Crippen molar-refractivity contribution >= 4 is 11.9 Å². The van der Waals surface area contributed by atoms with E-state index >= 15 is 0 Å². The van der Waals surface area contributed by atoms with Crippen LogP contribution < -0.4 is 18.9 Å². The zero-order chi connectivity index (χ0) is 22.9. The lowest BCUT2D eigenvalue weighted by molar-refractivity contribution is 0.104. The molecular weight excluding hydrogens is 406 g/mol. The van der Waals surface area contributed by atoms with Gasteiger partial charge in [-0.3, -0.25) is 4.79 Å². The van der Waals surface area contributed by atoms with Crippen molar-refractivity contribution in [1.82, 2.24) is 0 Å². The Kier molecular flexibility index (Phi) is 7.50. The number of allylic oxidation sites excluding steroid dienone is 1. The molecule has 0 atom stereocenters. The molecular formula is C26H23NO5. The second kappa shape index (κ2) is 10.7. The molecule has 3 aromatic carbocycles. The minimum absolute atomic E-state index is 0.155. The minimum Gasteiger partial charge on any atom is -0.496 e. The van der Waals surface area contributed by atoms with Crippen LogP contribution in [0.5, 0.6) is 23.0 Å². The summed E-state index contributed by atoms with van der Waals surface area (Å²) in [4.78, 5) is 12.6. The molecule has 0 heterocycles. The van der Waals surface area contributed by atoms with Crippen molar-refractivity contribution in [2.45, 2.75) is 6.61 Å². The zero-order valence-corrected chi connectivity index (χ0v) is 18.1. The van der Waals surface area contributed by atoms with Crippen molar-refractivity contribution in [3.05, 3.63) is 89.0 Å². The Morgan fingerprint density at radius 1 is 0.875 bits per heavy atom. The summed E-state index contributed by atoms with van der Waals surface area (Å²) in [5, 5.41) is 8.90. The molecule has 3 rings (SSSR count). The predicted octanol–water partition coefficient (Wildman–Crippen LogP) is 5.06. The van der Waals surface area contributed by atoms with Crippen molar-refractivity contribution in [2.75, 3.05) is 21.3 Å². The normalized spacial score (nSPS) is 10.4. The standard InChI is InChI=1S/C26H23NO5/c1-29-24-12-7-18(14-21(24)17-32-22-9-4-19(16-27)5-10-22)6-11-23(28)20-8-13-25(30-2)26(15-20)31-3/h4-15H,17H2,1-3H3/b11-6+. The third kappa shape index (κ3) is 5.46. The summed E-state index contributed by atoms with van der Waals surface area (Å²) in [5.74, 6) is 2.24. The van der Waals surface area contributed by atoms with Crippen LogP contribution in [-0.2, 0) is 6.61 Å². The highest BCUT2D eigenvalue weighted by molar-refractivity contribution is 6.07. The Morgan fingerprint density at radius 2 is 1.56 bits per heavy atom. The topological polar surface area (TPSA) is 77.8 Å². The number of nitrogens with zero attached hydrogens (tertiary/aromatic N) is 1. The summed E-state index contributed by atoms with van der Waals surface area (Å²) in [6, 6.07) is 19.6. The highest BCUT2D eigenvalue weighted by Crippen LogP contribution is 2.28. The third-order valence-corrected chi connectivity index (χ3v) is 4.78. The average molecular weight is 429 g/mol. The fourth-order valence-electron chi connectivity index (χ4n) is 3.06. The van der Waals surface area contributed by atoms with Crippen molar-refractivity contribution < 1.29 is 23.7 Å². The molecule has 0 aromatic heterocycles. The van der Waals surface area contributed by atoms with Crippen LogP contribution in [0.1, 0.15) is 27.0 Å². The van der Waals surface area contributed by atoms with E-state index in [1.165, 1.54) is 13.2 Å². The van der Waals surface area contributed by atoms with E-state index in [9.17, 15) is 4.79 Å². The number of carbonyl (C=O) groups is 1. The smallest absolute Gasteiger partial charge is 0.185 e. The molecule has 0 amide bonds. The molecule has 6 heteroatoms. The number of carbonyl (C=O) groups excluding carboxylic acids is 1. The molecule has 0 aliphatic carbocycles. The quantitative estimate of drug-likeness (QED) is 0.350. The van der Waals surface area contributed by atoms with Gasteiger partial charge in [-0.05, 0) is 66.2 Å². The second-order valence-electron chi connectivity index (χ2n) is 6.76. The molecule has 0 radical (unpaired) electrons. The molecule has 3 aromatic rings. The lowest BCUT2D eigenvalue weighted by Crippen LogP contribution is -2.00. The van der Waals surface area contributed by atoms with Crippen molar-refractivity contribution in [3.63, 3.8) is 0 Å². The molecule has 0 N–H and O–H groups in total. The summed E-state index contributed by atoms with van der Waals surface area (Å²) in [6.45, 7) is 0.278. The monoisotopic (exact) mass is 429 g/mol. The first-order chi connectivity index (χ1) is 15.6. The highest BCUT2D eigenvalue weighted by Gasteiger charge is 2.09. The van der Waals surface area contributed by atoms with Gasteiger partial charge >= 0.3 is 0 Å². The Morgan fingerprint density at radius 3 is 2.22 bits per heavy atom. The Hall–Kier alpha value is -4.24. The summed E-state index contributed by atoms with van der Waals surface area (Å²) in [7, 11) is 4.67. The molecule has 32 heavy (non-hydrogen) atoms. The van der Waals surface area contributed by atoms with Gasteiger partial charge in [0.15, 0.2) is 17.3 Å². The van der Waals surface area contributed by atoms with Gasteiger partial charge in [-0.25, -0.2) is 0 Å². The average Bonchev–Trinajstić information content (AvgIpc) is 2.85. The molecule has 6 nitrogen and oxygen atoms in total. The first kappa shape index (κ1) is 22.4. The lowest BCUT2D eigenvalue weighted by atomic mass is 10.1. The number of ether oxygens (including phenoxy) is 4. The maximum Gasteiger partial charge on any atom is 0.185 e. The number of rotatable bonds is 9. The van der Waals surface area contributed by atoms with Crippen LogP contribution in [0.25, 0.3) is 6.08 Å². The number of ketones is 1. The molecule has 0 bridgehead atoms. The van der Waals surface area contributed by atoms with Crippen LogP contribution in [0, 0.1) is 11.3 Å². The number of hydrogen-bond acceptors (Lipinski definition) is 6. The van der Waals surface area contributed by atoms with Crippen LogP contribution >= 0.6 is 0 Å². The number of methoxy groups -OCH3 is 3. The van der Waals surface area contributed by atoms with Crippen LogP contribution in [0.2, 0.25) is 0 Å². The van der Waals surface area contributed by atoms with E-state index in [1.54, 1.807) is 62.8 Å². The maximum absolute atomic E-state index is 12.6. The highest BCUT2D eigenvalue weighted by atomic mass is 16.5. The third-order valence-electron chi connectivity index (χ3n) is 4.78. The van der Waals surface area contributed by atoms with E-state index in [0.29, 0.717) is 34.1 Å². The van der Waals surface area contributed by atoms with Crippen LogP contribution in [-0.4, -0.2) is 27.1 Å². The van der Waals surface area contributed by atoms with E-state index in [1.807, 2.05) is 18.2 Å². The molecule has 0 saturated carbocycles. The fraction of sp³-hybridized carbons (Fsp3) is 0.154. The van der Waals surface area contributed by atoms with E-state index < -0.39 is 0 Å². The fourth-order valence-corrected chi connectivity index (χ4v) is 3.06. The maximum atomic E-state index is 12.6. The van der Waals surface area contributed by atoms with Gasteiger partial charge in [0, 0.05) is 11.1 Å². The largest absolute Gasteiger partial charge is 0.496 e. The zero-order valence-electron chi connectivity index (χ0n) is 18.1. The van der Waals surface area contributed by atoms with Gasteiger partial charge in [-0.1, -0.05) is 12.1 Å². The summed E-state index contributed by atoms with van der Waals surface area (Å²) in [6.07, 6.45) is 3.25. The predicted molar refractivity (Wildman–Crippen MR) is 121 cm³/mol. The van der Waals surface area contributed by atoms with E-state index in [2.05, 4.69) is 6.07 Å². The van der Waals surface area contributed by atoms with Gasteiger partial charge in [-0.2, -0.15) is 5.26 Å². The van der Waals surface area contributed by atoms with Gasteiger partial charge in [0.25, 0.3) is 0 Å². The molecule has 0 fully saturated rings. The van der Waals surface area contributed by atoms with E-state index in [4.69, 9.17) is 24.2 Å². The Balaban J connectivity index is 1.74. The Labute approximate surface area is 187 Å². The lowest BCUT2D eigenvalue weighted by Gasteiger charge is -2.11. The number of nitriles is 1. The second-order valence-corrected chi connectivity index (χ2v) is 6.76. The molecule has 0 unspecified atom stereocenters. The van der Waals surface area contributed by atoms with Crippen molar-refractivity contribution in [3.8, 4) is 29.1 Å². The summed E-state index contributed by atoms with van der Waals surface area (Å²) >= 11 is 0. The molecule has 0 aliphatic heterocycles. The Bertz CT molecular complexity index is 1160.